The molecule has 0 radical (unpaired) electrons. The summed E-state index contributed by atoms with van der Waals surface area (Å²) in [6.45, 7) is 2.32. The van der Waals surface area contributed by atoms with Crippen LogP contribution in [0.1, 0.15) is 19.3 Å². The number of halogens is 3. The van der Waals surface area contributed by atoms with Gasteiger partial charge in [0.25, 0.3) is 0 Å². The molecule has 0 aliphatic carbocycles. The standard InChI is InChI=1S/C9H17F3N2/c10-9(11,12)3-6-14-4-1-8(7-13)2-5-14/h8H,1-7,13H2. The number of alkyl halides is 3. The highest BCUT2D eigenvalue weighted by Gasteiger charge is 2.28. The molecule has 1 aliphatic heterocycles. The summed E-state index contributed by atoms with van der Waals surface area (Å²) in [5.74, 6) is 0.511. The molecule has 1 aliphatic rings. The Hall–Kier alpha value is -0.290. The highest BCUT2D eigenvalue weighted by molar-refractivity contribution is 4.73. The molecule has 1 rings (SSSR count). The predicted molar refractivity (Wildman–Crippen MR) is 48.9 cm³/mol. The van der Waals surface area contributed by atoms with Crippen molar-refractivity contribution in [3.8, 4) is 0 Å². The maximum Gasteiger partial charge on any atom is 0.390 e. The topological polar surface area (TPSA) is 29.3 Å². The maximum absolute atomic E-state index is 11.9. The van der Waals surface area contributed by atoms with Gasteiger partial charge in [0.05, 0.1) is 6.42 Å². The van der Waals surface area contributed by atoms with E-state index in [9.17, 15) is 13.2 Å². The summed E-state index contributed by atoms with van der Waals surface area (Å²) in [6, 6.07) is 0. The third kappa shape index (κ3) is 4.28. The predicted octanol–water partition coefficient (Wildman–Crippen LogP) is 1.61. The van der Waals surface area contributed by atoms with Crippen molar-refractivity contribution in [2.24, 2.45) is 11.7 Å². The first-order chi connectivity index (χ1) is 6.51. The maximum atomic E-state index is 11.9. The molecule has 0 aromatic carbocycles. The molecular weight excluding hydrogens is 193 g/mol. The van der Waals surface area contributed by atoms with E-state index in [2.05, 4.69) is 0 Å². The van der Waals surface area contributed by atoms with E-state index in [1.54, 1.807) is 0 Å². The van der Waals surface area contributed by atoms with Crippen LogP contribution in [0, 0.1) is 5.92 Å². The van der Waals surface area contributed by atoms with Gasteiger partial charge in [-0.05, 0) is 38.4 Å². The Balaban J connectivity index is 2.16. The van der Waals surface area contributed by atoms with Crippen molar-refractivity contribution in [2.75, 3.05) is 26.2 Å². The summed E-state index contributed by atoms with van der Waals surface area (Å²) in [4.78, 5) is 1.87. The largest absolute Gasteiger partial charge is 0.390 e. The van der Waals surface area contributed by atoms with Crippen molar-refractivity contribution < 1.29 is 13.2 Å². The molecule has 0 aromatic rings. The molecule has 1 heterocycles. The summed E-state index contributed by atoms with van der Waals surface area (Å²) < 4.78 is 35.7. The summed E-state index contributed by atoms with van der Waals surface area (Å²) in [7, 11) is 0. The molecule has 84 valence electrons. The Morgan fingerprint density at radius 3 is 2.21 bits per heavy atom. The Kier molecular flexibility index (Phi) is 4.19. The fraction of sp³-hybridized carbons (Fsp3) is 1.00. The minimum atomic E-state index is -4.02. The van der Waals surface area contributed by atoms with Crippen molar-refractivity contribution in [3.05, 3.63) is 0 Å². The lowest BCUT2D eigenvalue weighted by Crippen LogP contribution is -2.37. The second kappa shape index (κ2) is 4.98. The second-order valence-electron chi connectivity index (χ2n) is 3.89. The third-order valence-electron chi connectivity index (χ3n) is 2.75. The first kappa shape index (κ1) is 11.8. The van der Waals surface area contributed by atoms with E-state index in [1.165, 1.54) is 0 Å². The van der Waals surface area contributed by atoms with E-state index in [0.717, 1.165) is 25.9 Å². The zero-order valence-electron chi connectivity index (χ0n) is 8.19. The number of likely N-dealkylation sites (tertiary alicyclic amines) is 1. The second-order valence-corrected chi connectivity index (χ2v) is 3.89. The Morgan fingerprint density at radius 1 is 1.21 bits per heavy atom. The first-order valence-electron chi connectivity index (χ1n) is 5.00. The Bertz CT molecular complexity index is 162. The SMILES string of the molecule is NCC1CCN(CCC(F)(F)F)CC1. The lowest BCUT2D eigenvalue weighted by molar-refractivity contribution is -0.138. The van der Waals surface area contributed by atoms with Gasteiger partial charge in [-0.3, -0.25) is 0 Å². The molecule has 1 saturated heterocycles. The van der Waals surface area contributed by atoms with Gasteiger partial charge in [-0.2, -0.15) is 13.2 Å². The lowest BCUT2D eigenvalue weighted by atomic mass is 9.97. The molecule has 0 saturated carbocycles. The number of hydrogen-bond donors (Lipinski definition) is 1. The van der Waals surface area contributed by atoms with Gasteiger partial charge in [0.15, 0.2) is 0 Å². The van der Waals surface area contributed by atoms with Crippen LogP contribution in [0.2, 0.25) is 0 Å². The molecule has 5 heteroatoms. The van der Waals surface area contributed by atoms with Crippen LogP contribution in [0.3, 0.4) is 0 Å². The molecule has 2 nitrogen and oxygen atoms in total. The number of rotatable bonds is 3. The van der Waals surface area contributed by atoms with Crippen LogP contribution < -0.4 is 5.73 Å². The zero-order chi connectivity index (χ0) is 10.6. The van der Waals surface area contributed by atoms with E-state index >= 15 is 0 Å². The molecule has 0 atom stereocenters. The minimum absolute atomic E-state index is 0.140. The lowest BCUT2D eigenvalue weighted by Gasteiger charge is -2.31. The highest BCUT2D eigenvalue weighted by atomic mass is 19.4. The monoisotopic (exact) mass is 210 g/mol. The van der Waals surface area contributed by atoms with Gasteiger partial charge in [-0.1, -0.05) is 0 Å². The van der Waals surface area contributed by atoms with Gasteiger partial charge in [-0.25, -0.2) is 0 Å². The summed E-state index contributed by atoms with van der Waals surface area (Å²) in [6.07, 6.45) is -2.84. The minimum Gasteiger partial charge on any atom is -0.330 e. The summed E-state index contributed by atoms with van der Waals surface area (Å²) in [5, 5.41) is 0. The first-order valence-corrected chi connectivity index (χ1v) is 5.00. The van der Waals surface area contributed by atoms with Crippen molar-refractivity contribution >= 4 is 0 Å². The molecule has 1 fully saturated rings. The van der Waals surface area contributed by atoms with E-state index < -0.39 is 12.6 Å². The summed E-state index contributed by atoms with van der Waals surface area (Å²) >= 11 is 0. The molecular formula is C9H17F3N2. The van der Waals surface area contributed by atoms with Crippen LogP contribution in [0.4, 0.5) is 13.2 Å². The number of piperidine rings is 1. The van der Waals surface area contributed by atoms with Gasteiger partial charge in [0, 0.05) is 6.54 Å². The van der Waals surface area contributed by atoms with Crippen molar-refractivity contribution in [1.29, 1.82) is 0 Å². The van der Waals surface area contributed by atoms with Crippen molar-refractivity contribution in [1.82, 2.24) is 4.90 Å². The van der Waals surface area contributed by atoms with Gasteiger partial charge < -0.3 is 10.6 Å². The van der Waals surface area contributed by atoms with Crippen molar-refractivity contribution in [3.63, 3.8) is 0 Å². The molecule has 0 amide bonds. The van der Waals surface area contributed by atoms with Crippen molar-refractivity contribution in [2.45, 2.75) is 25.4 Å². The molecule has 0 spiro atoms. The van der Waals surface area contributed by atoms with Crippen LogP contribution in [0.15, 0.2) is 0 Å². The average molecular weight is 210 g/mol. The fourth-order valence-electron chi connectivity index (χ4n) is 1.73. The smallest absolute Gasteiger partial charge is 0.330 e. The van der Waals surface area contributed by atoms with E-state index in [1.807, 2.05) is 4.90 Å². The molecule has 14 heavy (non-hydrogen) atoms. The van der Waals surface area contributed by atoms with E-state index in [0.29, 0.717) is 12.5 Å². The van der Waals surface area contributed by atoms with Gasteiger partial charge in [0.1, 0.15) is 0 Å². The van der Waals surface area contributed by atoms with Crippen LogP contribution in [-0.2, 0) is 0 Å². The van der Waals surface area contributed by atoms with Crippen LogP contribution in [-0.4, -0.2) is 37.3 Å². The van der Waals surface area contributed by atoms with Gasteiger partial charge >= 0.3 is 6.18 Å². The quantitative estimate of drug-likeness (QED) is 0.766. The third-order valence-corrected chi connectivity index (χ3v) is 2.75. The molecule has 0 unspecified atom stereocenters. The van der Waals surface area contributed by atoms with Gasteiger partial charge in [-0.15, -0.1) is 0 Å². The van der Waals surface area contributed by atoms with Crippen LogP contribution in [0.25, 0.3) is 0 Å². The number of nitrogens with zero attached hydrogens (tertiary/aromatic N) is 1. The van der Waals surface area contributed by atoms with Gasteiger partial charge in [0.2, 0.25) is 0 Å². The molecule has 0 aromatic heterocycles. The van der Waals surface area contributed by atoms with Crippen LogP contribution >= 0.6 is 0 Å². The fourth-order valence-corrected chi connectivity index (χ4v) is 1.73. The highest BCUT2D eigenvalue weighted by Crippen LogP contribution is 2.22. The van der Waals surface area contributed by atoms with E-state index in [4.69, 9.17) is 5.73 Å². The summed E-state index contributed by atoms with van der Waals surface area (Å²) in [5.41, 5.74) is 5.49. The number of nitrogens with two attached hydrogens (primary N) is 1. The Morgan fingerprint density at radius 2 is 1.79 bits per heavy atom. The van der Waals surface area contributed by atoms with E-state index in [-0.39, 0.29) is 6.54 Å². The normalized spacial score (nSPS) is 21.4. The zero-order valence-corrected chi connectivity index (χ0v) is 8.19. The van der Waals surface area contributed by atoms with Crippen LogP contribution in [0.5, 0.6) is 0 Å². The molecule has 0 bridgehead atoms. The molecule has 2 N–H and O–H groups in total. The Labute approximate surface area is 82.2 Å². The average Bonchev–Trinajstić information content (AvgIpc) is 2.14. The number of hydrogen-bond acceptors (Lipinski definition) is 2.